The summed E-state index contributed by atoms with van der Waals surface area (Å²) in [5.41, 5.74) is 15.8. The Morgan fingerprint density at radius 2 is 1.06 bits per heavy atom. The van der Waals surface area contributed by atoms with Gasteiger partial charge < -0.3 is 20.2 Å². The second-order valence-electron chi connectivity index (χ2n) is 16.5. The Balaban J connectivity index is 0.000000427. The van der Waals surface area contributed by atoms with Gasteiger partial charge in [-0.15, -0.1) is 0 Å². The normalized spacial score (nSPS) is 11.2. The van der Waals surface area contributed by atoms with Gasteiger partial charge in [-0.1, -0.05) is 130 Å². The molecule has 0 spiro atoms. The third-order valence-corrected chi connectivity index (χ3v) is 10.7. The van der Waals surface area contributed by atoms with E-state index in [-0.39, 0.29) is 0 Å². The summed E-state index contributed by atoms with van der Waals surface area (Å²) in [4.78, 5) is 10.6. The molecule has 10 heteroatoms. The lowest BCUT2D eigenvalue weighted by molar-refractivity contribution is 0.0200. The molecule has 0 aliphatic carbocycles. The summed E-state index contributed by atoms with van der Waals surface area (Å²) in [7, 11) is 4.97. The van der Waals surface area contributed by atoms with Crippen LogP contribution in [0, 0.1) is 27.7 Å². The molecule has 3 N–H and O–H groups in total. The van der Waals surface area contributed by atoms with E-state index >= 15 is 0 Å². The zero-order valence-electron chi connectivity index (χ0n) is 41.5. The van der Waals surface area contributed by atoms with Crippen LogP contribution in [0.15, 0.2) is 93.3 Å². The van der Waals surface area contributed by atoms with E-state index in [1.54, 1.807) is 18.2 Å². The predicted octanol–water partition coefficient (Wildman–Crippen LogP) is 13.8. The van der Waals surface area contributed by atoms with E-state index in [9.17, 15) is 0 Å². The molecule has 4 aromatic rings. The Labute approximate surface area is 387 Å². The minimum Gasteiger partial charge on any atom is -0.411 e. The molecule has 0 heterocycles. The molecule has 0 amide bonds. The van der Waals surface area contributed by atoms with Gasteiger partial charge in [-0.25, -0.2) is 10.1 Å². The zero-order valence-corrected chi connectivity index (χ0v) is 41.5. The summed E-state index contributed by atoms with van der Waals surface area (Å²) in [6, 6.07) is 26.0. The molecule has 0 unspecified atom stereocenters. The average molecular weight is 879 g/mol. The second-order valence-corrected chi connectivity index (χ2v) is 16.5. The van der Waals surface area contributed by atoms with Crippen molar-refractivity contribution >= 4 is 36.0 Å². The molecule has 352 valence electrons. The highest BCUT2D eigenvalue weighted by Crippen LogP contribution is 2.22. The van der Waals surface area contributed by atoms with Crippen molar-refractivity contribution in [1.82, 2.24) is 5.06 Å². The van der Waals surface area contributed by atoms with E-state index < -0.39 is 0 Å². The largest absolute Gasteiger partial charge is 0.411 e. The summed E-state index contributed by atoms with van der Waals surface area (Å²) >= 11 is 0. The van der Waals surface area contributed by atoms with Gasteiger partial charge >= 0.3 is 0 Å². The Kier molecular flexibility index (Phi) is 30.0. The molecule has 0 atom stereocenters. The standard InChI is InChI=1S/2C14H21NO.2C13H20N2O/c1-4-5-6-13-7-8-14(11(2)9-13)10-12(3)15-16;1-4-5-6-13-7-8-14(12(2)11-13)9-10-15-16-3;1-4-5-6-12-7-8-13(11(2)9-12)15(3)10-14-16;1-4-5-6-12-7-8-13(11(2)9-12)14-10-15(3)16/h7-9,16H,4-6,10H2,1-3H3;7-8,10-11H,4-6,9H2,1-3H3;2*7-10,16H,4-6H2,1-3H3/b15-12-;15-10-;14-10-;. The number of oxime groups is 3. The van der Waals surface area contributed by atoms with Gasteiger partial charge in [0.15, 0.2) is 0 Å². The number of aliphatic imine (C=N–C) groups is 1. The first-order valence-corrected chi connectivity index (χ1v) is 23.2. The van der Waals surface area contributed by atoms with E-state index in [1.807, 2.05) is 27.0 Å². The van der Waals surface area contributed by atoms with Crippen molar-refractivity contribution in [2.75, 3.05) is 26.1 Å². The topological polar surface area (TPSA) is 126 Å². The van der Waals surface area contributed by atoms with Gasteiger partial charge in [0.25, 0.3) is 0 Å². The highest BCUT2D eigenvalue weighted by Gasteiger charge is 2.05. The fraction of sp³-hybridized carbons (Fsp3) is 0.481. The van der Waals surface area contributed by atoms with Crippen molar-refractivity contribution < 1.29 is 20.5 Å². The number of nitrogens with zero attached hydrogens (tertiary/aromatic N) is 6. The van der Waals surface area contributed by atoms with Gasteiger partial charge in [-0.3, -0.25) is 5.21 Å². The fourth-order valence-corrected chi connectivity index (χ4v) is 6.87. The van der Waals surface area contributed by atoms with Crippen LogP contribution in [0.5, 0.6) is 0 Å². The first-order valence-electron chi connectivity index (χ1n) is 23.2. The van der Waals surface area contributed by atoms with Crippen LogP contribution < -0.4 is 4.90 Å². The van der Waals surface area contributed by atoms with Crippen LogP contribution in [0.2, 0.25) is 0 Å². The lowest BCUT2D eigenvalue weighted by Crippen LogP contribution is -2.15. The summed E-state index contributed by atoms with van der Waals surface area (Å²) in [6.45, 7) is 19.1. The highest BCUT2D eigenvalue weighted by molar-refractivity contribution is 5.83. The number of hydrogen-bond acceptors (Lipinski definition) is 8. The van der Waals surface area contributed by atoms with Gasteiger partial charge in [-0.2, -0.15) is 0 Å². The van der Waals surface area contributed by atoms with Crippen molar-refractivity contribution in [3.8, 4) is 0 Å². The van der Waals surface area contributed by atoms with Gasteiger partial charge in [-0.05, 0) is 154 Å². The molecule has 4 rings (SSSR count). The number of rotatable bonds is 21. The molecule has 10 nitrogen and oxygen atoms in total. The van der Waals surface area contributed by atoms with Crippen LogP contribution in [0.1, 0.15) is 142 Å². The van der Waals surface area contributed by atoms with Crippen LogP contribution in [-0.4, -0.2) is 66.5 Å². The Morgan fingerprint density at radius 3 is 1.47 bits per heavy atom. The maximum absolute atomic E-state index is 8.96. The molecule has 0 saturated carbocycles. The third-order valence-electron chi connectivity index (χ3n) is 10.7. The predicted molar refractivity (Wildman–Crippen MR) is 273 cm³/mol. The Bertz CT molecular complexity index is 2010. The highest BCUT2D eigenvalue weighted by atomic mass is 16.6. The van der Waals surface area contributed by atoms with Crippen LogP contribution >= 0.6 is 0 Å². The van der Waals surface area contributed by atoms with Crippen molar-refractivity contribution in [1.29, 1.82) is 0 Å². The van der Waals surface area contributed by atoms with E-state index in [2.05, 4.69) is 140 Å². The second kappa shape index (κ2) is 34.0. The smallest absolute Gasteiger partial charge is 0.135 e. The number of benzene rings is 4. The molecule has 0 bridgehead atoms. The Hall–Kier alpha value is -5.48. The minimum atomic E-state index is 0.733. The number of hydroxylamine groups is 2. The van der Waals surface area contributed by atoms with Crippen LogP contribution in [-0.2, 0) is 43.4 Å². The number of hydrogen-bond donors (Lipinski definition) is 3. The molecule has 0 aliphatic rings. The van der Waals surface area contributed by atoms with Gasteiger partial charge in [0.2, 0.25) is 0 Å². The van der Waals surface area contributed by atoms with Gasteiger partial charge in [0.1, 0.15) is 19.8 Å². The summed E-state index contributed by atoms with van der Waals surface area (Å²) in [5.74, 6) is 0. The van der Waals surface area contributed by atoms with Crippen LogP contribution in [0.4, 0.5) is 11.4 Å². The third kappa shape index (κ3) is 23.8. The first-order chi connectivity index (χ1) is 30.8. The lowest BCUT2D eigenvalue weighted by Gasteiger charge is -2.16. The molecule has 4 aromatic carbocycles. The quantitative estimate of drug-likeness (QED) is 0.0331. The van der Waals surface area contributed by atoms with Gasteiger partial charge in [0.05, 0.1) is 11.4 Å². The van der Waals surface area contributed by atoms with E-state index in [0.29, 0.717) is 0 Å². The summed E-state index contributed by atoms with van der Waals surface area (Å²) in [6.07, 6.45) is 20.7. The average Bonchev–Trinajstić information content (AvgIpc) is 3.28. The van der Waals surface area contributed by atoms with Crippen molar-refractivity contribution in [3.63, 3.8) is 0 Å². The first kappa shape index (κ1) is 56.5. The fourth-order valence-electron chi connectivity index (χ4n) is 6.87. The van der Waals surface area contributed by atoms with Crippen molar-refractivity contribution in [2.45, 2.75) is 152 Å². The number of anilines is 1. The van der Waals surface area contributed by atoms with E-state index in [4.69, 9.17) is 15.6 Å². The molecule has 0 saturated heterocycles. The van der Waals surface area contributed by atoms with E-state index in [1.165, 1.54) is 128 Å². The van der Waals surface area contributed by atoms with Crippen LogP contribution in [0.25, 0.3) is 0 Å². The molecular formula is C54H82N6O4. The summed E-state index contributed by atoms with van der Waals surface area (Å²) < 4.78 is 0. The van der Waals surface area contributed by atoms with Crippen molar-refractivity contribution in [2.24, 2.45) is 20.5 Å². The summed E-state index contributed by atoms with van der Waals surface area (Å²) in [5, 5.41) is 37.0. The molecule has 0 aliphatic heterocycles. The SMILES string of the molecule is CCCCc1ccc(C/C(C)=N\O)c(C)c1.CCCCc1ccc(C/C=N\OC)c(C)c1.CCCCc1ccc(N(C)/C=N\O)c(C)c1.CCCCc1ccc(N=CN(C)O)c(C)c1. The zero-order chi connectivity index (χ0) is 47.7. The minimum absolute atomic E-state index is 0.733. The molecular weight excluding hydrogens is 797 g/mol. The number of aryl methyl sites for hydroxylation is 8. The lowest BCUT2D eigenvalue weighted by atomic mass is 9.98. The molecule has 0 aromatic heterocycles. The molecule has 0 radical (unpaired) electrons. The van der Waals surface area contributed by atoms with E-state index in [0.717, 1.165) is 59.8 Å². The maximum Gasteiger partial charge on any atom is 0.135 e. The molecule has 0 fully saturated rings. The monoisotopic (exact) mass is 879 g/mol. The maximum atomic E-state index is 8.96. The van der Waals surface area contributed by atoms with Crippen LogP contribution in [0.3, 0.4) is 0 Å². The van der Waals surface area contributed by atoms with Crippen molar-refractivity contribution in [3.05, 3.63) is 128 Å². The number of unbranched alkanes of at least 4 members (excludes halogenated alkanes) is 4. The Morgan fingerprint density at radius 1 is 0.609 bits per heavy atom. The van der Waals surface area contributed by atoms with Gasteiger partial charge in [0, 0.05) is 38.8 Å². The molecule has 64 heavy (non-hydrogen) atoms.